The van der Waals surface area contributed by atoms with Gasteiger partial charge in [0.05, 0.1) is 0 Å². The van der Waals surface area contributed by atoms with Crippen LogP contribution in [0.25, 0.3) is 0 Å². The van der Waals surface area contributed by atoms with Gasteiger partial charge in [-0.25, -0.2) is 0 Å². The van der Waals surface area contributed by atoms with Crippen LogP contribution >= 0.6 is 0 Å². The summed E-state index contributed by atoms with van der Waals surface area (Å²) in [5, 5.41) is 0. The predicted octanol–water partition coefficient (Wildman–Crippen LogP) is 2.96. The number of benzene rings is 1. The highest BCUT2D eigenvalue weighted by Gasteiger charge is 2.23. The number of hydrogen-bond acceptors (Lipinski definition) is 2. The van der Waals surface area contributed by atoms with E-state index in [0.29, 0.717) is 18.6 Å². The lowest BCUT2D eigenvalue weighted by Crippen LogP contribution is -2.30. The minimum atomic E-state index is -1.59. The molecule has 0 saturated heterocycles. The zero-order valence-corrected chi connectivity index (χ0v) is 11.2. The molecule has 0 heterocycles. The van der Waals surface area contributed by atoms with Crippen molar-refractivity contribution in [3.05, 3.63) is 29.3 Å². The van der Waals surface area contributed by atoms with Crippen molar-refractivity contribution < 1.29 is 9.22 Å². The van der Waals surface area contributed by atoms with Crippen LogP contribution < -0.4 is 4.43 Å². The number of hydrogen-bond donors (Lipinski definition) is 0. The molecule has 1 aliphatic rings. The van der Waals surface area contributed by atoms with Crippen LogP contribution in [0.4, 0.5) is 0 Å². The number of ketones is 1. The minimum absolute atomic E-state index is 0.333. The van der Waals surface area contributed by atoms with E-state index in [1.165, 1.54) is 5.56 Å². The molecule has 2 rings (SSSR count). The largest absolute Gasteiger partial charge is 0.544 e. The van der Waals surface area contributed by atoms with E-state index in [1.54, 1.807) is 0 Å². The molecular weight excluding hydrogens is 216 g/mol. The molecule has 3 heteroatoms. The third-order valence-corrected chi connectivity index (χ3v) is 3.53. The van der Waals surface area contributed by atoms with Gasteiger partial charge < -0.3 is 4.43 Å². The Balaban J connectivity index is 2.36. The molecule has 0 bridgehead atoms. The van der Waals surface area contributed by atoms with Crippen molar-refractivity contribution in [2.75, 3.05) is 0 Å². The van der Waals surface area contributed by atoms with Crippen LogP contribution in [0.5, 0.6) is 5.75 Å². The standard InChI is InChI=1S/C13H18O2Si/c1-16(2,3)15-13-6-4-5-10-7-8-11(14)9-12(10)13/h4-6H,7-9H2,1-3H3. The quantitative estimate of drug-likeness (QED) is 0.735. The topological polar surface area (TPSA) is 26.3 Å². The smallest absolute Gasteiger partial charge is 0.242 e. The van der Waals surface area contributed by atoms with Gasteiger partial charge in [-0.05, 0) is 37.7 Å². The van der Waals surface area contributed by atoms with Crippen molar-refractivity contribution in [2.24, 2.45) is 0 Å². The molecule has 0 atom stereocenters. The summed E-state index contributed by atoms with van der Waals surface area (Å²) in [4.78, 5) is 11.5. The highest BCUT2D eigenvalue weighted by molar-refractivity contribution is 6.70. The van der Waals surface area contributed by atoms with Gasteiger partial charge >= 0.3 is 0 Å². The van der Waals surface area contributed by atoms with Crippen molar-refractivity contribution >= 4 is 14.1 Å². The molecule has 0 unspecified atom stereocenters. The summed E-state index contributed by atoms with van der Waals surface area (Å²) < 4.78 is 6.04. The van der Waals surface area contributed by atoms with Crippen LogP contribution in [-0.2, 0) is 17.6 Å². The lowest BCUT2D eigenvalue weighted by Gasteiger charge is -2.24. The Kier molecular flexibility index (Phi) is 2.89. The van der Waals surface area contributed by atoms with Crippen LogP contribution in [0.2, 0.25) is 19.6 Å². The Morgan fingerprint density at radius 1 is 1.19 bits per heavy atom. The van der Waals surface area contributed by atoms with E-state index in [2.05, 4.69) is 25.7 Å². The lowest BCUT2D eigenvalue weighted by atomic mass is 9.90. The summed E-state index contributed by atoms with van der Waals surface area (Å²) in [5.74, 6) is 1.27. The molecule has 0 aromatic heterocycles. The average Bonchev–Trinajstić information content (AvgIpc) is 2.17. The van der Waals surface area contributed by atoms with Gasteiger partial charge in [0.25, 0.3) is 0 Å². The molecule has 0 spiro atoms. The number of aryl methyl sites for hydroxylation is 1. The third kappa shape index (κ3) is 2.53. The Bertz CT molecular complexity index is 418. The maximum Gasteiger partial charge on any atom is 0.242 e. The van der Waals surface area contributed by atoms with Crippen molar-refractivity contribution in [3.8, 4) is 5.75 Å². The molecule has 2 nitrogen and oxygen atoms in total. The van der Waals surface area contributed by atoms with Crippen molar-refractivity contribution in [2.45, 2.75) is 38.9 Å². The van der Waals surface area contributed by atoms with Crippen LogP contribution in [0, 0.1) is 0 Å². The average molecular weight is 234 g/mol. The van der Waals surface area contributed by atoms with E-state index in [-0.39, 0.29) is 0 Å². The maximum absolute atomic E-state index is 11.5. The highest BCUT2D eigenvalue weighted by Crippen LogP contribution is 2.29. The SMILES string of the molecule is C[Si](C)(C)Oc1cccc2c1CC(=O)CC2. The summed E-state index contributed by atoms with van der Waals surface area (Å²) >= 11 is 0. The molecule has 0 fully saturated rings. The first kappa shape index (κ1) is 11.4. The summed E-state index contributed by atoms with van der Waals surface area (Å²) in [5.41, 5.74) is 2.41. The first-order valence-corrected chi connectivity index (χ1v) is 9.18. The normalized spacial score (nSPS) is 15.8. The number of Topliss-reactive ketones (excluding diaryl/α,β-unsaturated/α-hetero) is 1. The third-order valence-electron chi connectivity index (χ3n) is 2.69. The van der Waals surface area contributed by atoms with Gasteiger partial charge in [0.1, 0.15) is 11.5 Å². The molecule has 0 radical (unpaired) electrons. The maximum atomic E-state index is 11.5. The molecule has 16 heavy (non-hydrogen) atoms. The zero-order chi connectivity index (χ0) is 11.8. The summed E-state index contributed by atoms with van der Waals surface area (Å²) in [6, 6.07) is 6.14. The van der Waals surface area contributed by atoms with Crippen LogP contribution in [0.15, 0.2) is 18.2 Å². The van der Waals surface area contributed by atoms with Crippen molar-refractivity contribution in [1.82, 2.24) is 0 Å². The Morgan fingerprint density at radius 2 is 1.94 bits per heavy atom. The summed E-state index contributed by atoms with van der Waals surface area (Å²) in [7, 11) is -1.59. The van der Waals surface area contributed by atoms with Gasteiger partial charge in [-0.3, -0.25) is 4.79 Å². The fraction of sp³-hybridized carbons (Fsp3) is 0.462. The van der Waals surface area contributed by atoms with Crippen LogP contribution in [0.1, 0.15) is 17.5 Å². The van der Waals surface area contributed by atoms with Gasteiger partial charge in [-0.2, -0.15) is 0 Å². The first-order chi connectivity index (χ1) is 7.46. The second kappa shape index (κ2) is 4.05. The van der Waals surface area contributed by atoms with Crippen LogP contribution in [0.3, 0.4) is 0 Å². The molecule has 0 N–H and O–H groups in total. The Labute approximate surface area is 97.8 Å². The Morgan fingerprint density at radius 3 is 2.62 bits per heavy atom. The molecule has 0 saturated carbocycles. The van der Waals surface area contributed by atoms with E-state index in [0.717, 1.165) is 17.7 Å². The fourth-order valence-corrected chi connectivity index (χ4v) is 2.88. The molecule has 86 valence electrons. The summed E-state index contributed by atoms with van der Waals surface area (Å²) in [6.07, 6.45) is 2.11. The predicted molar refractivity (Wildman–Crippen MR) is 67.4 cm³/mol. The molecule has 0 amide bonds. The minimum Gasteiger partial charge on any atom is -0.544 e. The molecule has 1 aliphatic carbocycles. The fourth-order valence-electron chi connectivity index (χ4n) is 2.03. The molecular formula is C13H18O2Si. The highest BCUT2D eigenvalue weighted by atomic mass is 28.4. The zero-order valence-electron chi connectivity index (χ0n) is 10.2. The van der Waals surface area contributed by atoms with E-state index in [4.69, 9.17) is 4.43 Å². The van der Waals surface area contributed by atoms with Crippen molar-refractivity contribution in [1.29, 1.82) is 0 Å². The van der Waals surface area contributed by atoms with E-state index >= 15 is 0 Å². The second-order valence-corrected chi connectivity index (χ2v) is 9.75. The van der Waals surface area contributed by atoms with E-state index in [9.17, 15) is 4.79 Å². The lowest BCUT2D eigenvalue weighted by molar-refractivity contribution is -0.118. The van der Waals surface area contributed by atoms with Gasteiger partial charge in [0.15, 0.2) is 0 Å². The number of fused-ring (bicyclic) bond motifs is 1. The number of carbonyl (C=O) groups excluding carboxylic acids is 1. The van der Waals surface area contributed by atoms with Gasteiger partial charge in [0, 0.05) is 18.4 Å². The first-order valence-electron chi connectivity index (χ1n) is 5.77. The summed E-state index contributed by atoms with van der Waals surface area (Å²) in [6.45, 7) is 6.49. The second-order valence-electron chi connectivity index (χ2n) is 5.32. The van der Waals surface area contributed by atoms with Gasteiger partial charge in [-0.1, -0.05) is 12.1 Å². The monoisotopic (exact) mass is 234 g/mol. The number of rotatable bonds is 2. The Hall–Kier alpha value is -1.09. The molecule has 0 aliphatic heterocycles. The molecule has 1 aromatic carbocycles. The van der Waals surface area contributed by atoms with E-state index < -0.39 is 8.32 Å². The van der Waals surface area contributed by atoms with Crippen molar-refractivity contribution in [3.63, 3.8) is 0 Å². The van der Waals surface area contributed by atoms with Gasteiger partial charge in [-0.15, -0.1) is 0 Å². The van der Waals surface area contributed by atoms with E-state index in [1.807, 2.05) is 12.1 Å². The molecule has 1 aromatic rings. The van der Waals surface area contributed by atoms with Crippen LogP contribution in [-0.4, -0.2) is 14.1 Å². The van der Waals surface area contributed by atoms with Gasteiger partial charge in [0.2, 0.25) is 8.32 Å². The number of carbonyl (C=O) groups is 1.